The van der Waals surface area contributed by atoms with Crippen molar-refractivity contribution in [2.45, 2.75) is 18.5 Å². The number of likely N-dealkylation sites (N-methyl/N-ethyl adjacent to an activating group) is 1. The highest BCUT2D eigenvalue weighted by molar-refractivity contribution is 5.37. The maximum Gasteiger partial charge on any atom is 0.0370 e. The lowest BCUT2D eigenvalue weighted by Crippen LogP contribution is -2.48. The molecule has 1 aliphatic heterocycles. The van der Waals surface area contributed by atoms with Crippen molar-refractivity contribution in [1.29, 1.82) is 0 Å². The van der Waals surface area contributed by atoms with Gasteiger partial charge in [0.2, 0.25) is 0 Å². The lowest BCUT2D eigenvalue weighted by molar-refractivity contribution is 0.0899. The second kappa shape index (κ2) is 6.44. The van der Waals surface area contributed by atoms with Gasteiger partial charge in [0.1, 0.15) is 0 Å². The van der Waals surface area contributed by atoms with Gasteiger partial charge in [-0.3, -0.25) is 9.80 Å². The number of nitrogens with zero attached hydrogens (tertiary/aromatic N) is 3. The minimum absolute atomic E-state index is 0.220. The first-order valence-corrected chi connectivity index (χ1v) is 8.10. The summed E-state index contributed by atoms with van der Waals surface area (Å²) in [6, 6.07) is 9.49. The fourth-order valence-corrected chi connectivity index (χ4v) is 3.63. The van der Waals surface area contributed by atoms with Crippen LogP contribution in [-0.4, -0.2) is 68.1 Å². The van der Waals surface area contributed by atoms with Crippen LogP contribution in [0.5, 0.6) is 0 Å². The molecule has 1 aromatic carbocycles. The van der Waals surface area contributed by atoms with Crippen LogP contribution in [0.1, 0.15) is 29.6 Å². The van der Waals surface area contributed by atoms with E-state index in [0.29, 0.717) is 6.04 Å². The van der Waals surface area contributed by atoms with E-state index in [-0.39, 0.29) is 6.04 Å². The van der Waals surface area contributed by atoms with Crippen LogP contribution in [0.15, 0.2) is 24.3 Å². The summed E-state index contributed by atoms with van der Waals surface area (Å²) in [4.78, 5) is 7.48. The van der Waals surface area contributed by atoms with Crippen molar-refractivity contribution in [3.63, 3.8) is 0 Å². The van der Waals surface area contributed by atoms with Crippen molar-refractivity contribution in [2.75, 3.05) is 53.4 Å². The van der Waals surface area contributed by atoms with Gasteiger partial charge in [-0.15, -0.1) is 0 Å². The molecule has 0 spiro atoms. The molecule has 1 heterocycles. The Labute approximate surface area is 128 Å². The molecule has 2 atom stereocenters. The van der Waals surface area contributed by atoms with Crippen molar-refractivity contribution < 1.29 is 0 Å². The lowest BCUT2D eigenvalue weighted by atomic mass is 10.1. The van der Waals surface area contributed by atoms with Crippen molar-refractivity contribution >= 4 is 0 Å². The summed E-state index contributed by atoms with van der Waals surface area (Å²) < 4.78 is 0. The first kappa shape index (κ1) is 15.0. The molecule has 116 valence electrons. The number of fused-ring (bicyclic) bond motifs is 1. The van der Waals surface area contributed by atoms with E-state index in [9.17, 15) is 0 Å². The van der Waals surface area contributed by atoms with Gasteiger partial charge >= 0.3 is 0 Å². The summed E-state index contributed by atoms with van der Waals surface area (Å²) in [5, 5.41) is 0. The van der Waals surface area contributed by atoms with Crippen LogP contribution in [0.25, 0.3) is 0 Å². The summed E-state index contributed by atoms with van der Waals surface area (Å²) in [6.07, 6.45) is 1.08. The van der Waals surface area contributed by atoms with E-state index in [1.165, 1.54) is 43.9 Å². The van der Waals surface area contributed by atoms with E-state index in [2.05, 4.69) is 53.1 Å². The summed E-state index contributed by atoms with van der Waals surface area (Å²) in [5.74, 6) is 0. The molecule has 4 heteroatoms. The topological polar surface area (TPSA) is 35.7 Å². The fourth-order valence-electron chi connectivity index (χ4n) is 3.63. The number of hydrogen-bond acceptors (Lipinski definition) is 4. The second-order valence-electron chi connectivity index (χ2n) is 6.67. The molecule has 0 radical (unpaired) electrons. The van der Waals surface area contributed by atoms with Gasteiger partial charge in [-0.1, -0.05) is 24.3 Å². The Kier molecular flexibility index (Phi) is 4.60. The van der Waals surface area contributed by atoms with Crippen molar-refractivity contribution in [3.05, 3.63) is 35.4 Å². The molecule has 1 aliphatic carbocycles. The molecule has 0 saturated carbocycles. The monoisotopic (exact) mass is 288 g/mol. The Morgan fingerprint density at radius 1 is 1.10 bits per heavy atom. The van der Waals surface area contributed by atoms with Crippen LogP contribution in [0.2, 0.25) is 0 Å². The van der Waals surface area contributed by atoms with Gasteiger partial charge in [-0.2, -0.15) is 0 Å². The average Bonchev–Trinajstić information content (AvgIpc) is 2.83. The molecule has 4 nitrogen and oxygen atoms in total. The van der Waals surface area contributed by atoms with E-state index in [4.69, 9.17) is 5.73 Å². The Hall–Kier alpha value is -0.940. The standard InChI is InChI=1S/C17H28N4/c1-19(2)7-8-20-9-11-21(12-10-20)17-13-16(18)14-5-3-4-6-15(14)17/h3-6,16-17H,7-13,18H2,1-2H3. The maximum absolute atomic E-state index is 6.31. The highest BCUT2D eigenvalue weighted by Gasteiger charge is 2.33. The number of benzene rings is 1. The van der Waals surface area contributed by atoms with Crippen LogP contribution < -0.4 is 5.73 Å². The van der Waals surface area contributed by atoms with Gasteiger partial charge in [0.05, 0.1) is 0 Å². The van der Waals surface area contributed by atoms with E-state index in [1.54, 1.807) is 0 Å². The first-order chi connectivity index (χ1) is 10.1. The second-order valence-corrected chi connectivity index (χ2v) is 6.67. The smallest absolute Gasteiger partial charge is 0.0370 e. The van der Waals surface area contributed by atoms with E-state index < -0.39 is 0 Å². The summed E-state index contributed by atoms with van der Waals surface area (Å²) in [5.41, 5.74) is 9.13. The van der Waals surface area contributed by atoms with Crippen molar-refractivity contribution in [1.82, 2.24) is 14.7 Å². The molecule has 2 aliphatic rings. The molecule has 2 unspecified atom stereocenters. The average molecular weight is 288 g/mol. The minimum atomic E-state index is 0.220. The van der Waals surface area contributed by atoms with Crippen LogP contribution in [0.4, 0.5) is 0 Å². The Balaban J connectivity index is 1.58. The van der Waals surface area contributed by atoms with Gasteiger partial charge in [0.25, 0.3) is 0 Å². The molecule has 21 heavy (non-hydrogen) atoms. The summed E-state index contributed by atoms with van der Waals surface area (Å²) in [7, 11) is 4.29. The van der Waals surface area contributed by atoms with Gasteiger partial charge in [0.15, 0.2) is 0 Å². The summed E-state index contributed by atoms with van der Waals surface area (Å²) >= 11 is 0. The SMILES string of the molecule is CN(C)CCN1CCN(C2CC(N)c3ccccc32)CC1. The number of hydrogen-bond donors (Lipinski definition) is 1. The summed E-state index contributed by atoms with van der Waals surface area (Å²) in [6.45, 7) is 7.03. The third-order valence-electron chi connectivity index (χ3n) is 4.94. The van der Waals surface area contributed by atoms with Crippen LogP contribution in [0.3, 0.4) is 0 Å². The Morgan fingerprint density at radius 3 is 2.43 bits per heavy atom. The van der Waals surface area contributed by atoms with Gasteiger partial charge in [-0.25, -0.2) is 0 Å². The molecule has 0 aromatic heterocycles. The molecule has 1 saturated heterocycles. The van der Waals surface area contributed by atoms with Crippen LogP contribution in [-0.2, 0) is 0 Å². The molecule has 1 aromatic rings. The zero-order chi connectivity index (χ0) is 14.8. The first-order valence-electron chi connectivity index (χ1n) is 8.10. The fraction of sp³-hybridized carbons (Fsp3) is 0.647. The normalized spacial score (nSPS) is 27.2. The molecule has 3 rings (SSSR count). The van der Waals surface area contributed by atoms with E-state index >= 15 is 0 Å². The molecular formula is C17H28N4. The van der Waals surface area contributed by atoms with Crippen molar-refractivity contribution in [2.24, 2.45) is 5.73 Å². The molecule has 1 fully saturated rings. The Bertz CT molecular complexity index is 466. The lowest BCUT2D eigenvalue weighted by Gasteiger charge is -2.38. The maximum atomic E-state index is 6.31. The van der Waals surface area contributed by atoms with Gasteiger partial charge in [-0.05, 0) is 31.6 Å². The number of nitrogens with two attached hydrogens (primary N) is 1. The highest BCUT2D eigenvalue weighted by atomic mass is 15.3. The highest BCUT2D eigenvalue weighted by Crippen LogP contribution is 2.40. The Morgan fingerprint density at radius 2 is 1.76 bits per heavy atom. The van der Waals surface area contributed by atoms with Crippen molar-refractivity contribution in [3.8, 4) is 0 Å². The minimum Gasteiger partial charge on any atom is -0.324 e. The molecule has 0 amide bonds. The predicted octanol–water partition coefficient (Wildman–Crippen LogP) is 1.31. The number of rotatable bonds is 4. The number of piperazine rings is 1. The largest absolute Gasteiger partial charge is 0.324 e. The van der Waals surface area contributed by atoms with Crippen LogP contribution >= 0.6 is 0 Å². The van der Waals surface area contributed by atoms with Crippen LogP contribution in [0, 0.1) is 0 Å². The molecule has 2 N–H and O–H groups in total. The zero-order valence-electron chi connectivity index (χ0n) is 13.3. The molecule has 0 bridgehead atoms. The van der Waals surface area contributed by atoms with E-state index in [0.717, 1.165) is 13.0 Å². The third-order valence-corrected chi connectivity index (χ3v) is 4.94. The van der Waals surface area contributed by atoms with Gasteiger partial charge < -0.3 is 10.6 Å². The van der Waals surface area contributed by atoms with E-state index in [1.807, 2.05) is 0 Å². The van der Waals surface area contributed by atoms with Gasteiger partial charge in [0, 0.05) is 51.4 Å². The quantitative estimate of drug-likeness (QED) is 0.906. The molecular weight excluding hydrogens is 260 g/mol. The predicted molar refractivity (Wildman–Crippen MR) is 87.3 cm³/mol. The zero-order valence-corrected chi connectivity index (χ0v) is 13.3. The third kappa shape index (κ3) is 3.29.